The predicted molar refractivity (Wildman–Crippen MR) is 105 cm³/mol. The molecule has 2 rings (SSSR count). The number of thiophene rings is 1. The van der Waals surface area contributed by atoms with E-state index in [4.69, 9.17) is 4.74 Å². The molecule has 1 aromatic carbocycles. The number of para-hydroxylation sites is 1. The maximum absolute atomic E-state index is 12.3. The number of rotatable bonds is 7. The molecular weight excluding hydrogens is 368 g/mol. The normalized spacial score (nSPS) is 10.9. The van der Waals surface area contributed by atoms with Crippen LogP contribution in [0, 0.1) is 10.1 Å². The topological polar surface area (TPSA) is 98.5 Å². The molecule has 144 valence electrons. The third-order valence-corrected chi connectivity index (χ3v) is 4.96. The van der Waals surface area contributed by atoms with Gasteiger partial charge in [0, 0.05) is 11.8 Å². The second-order valence-electron chi connectivity index (χ2n) is 6.64. The Hall–Kier alpha value is -2.74. The summed E-state index contributed by atoms with van der Waals surface area (Å²) in [5, 5.41) is 13.4. The first-order valence-corrected chi connectivity index (χ1v) is 9.36. The van der Waals surface area contributed by atoms with Crippen LogP contribution >= 0.6 is 11.3 Å². The standard InChI is InChI=1S/C19H22N2O5S/c1-11(2)13-6-5-7-14(12(3)4)18(13)20-16(22)10-26-19(23)15-8-9-17(27-15)21(24)25/h5-9,11-12H,10H2,1-4H3,(H,20,22). The minimum absolute atomic E-state index is 0.0833. The van der Waals surface area contributed by atoms with Gasteiger partial charge in [0.2, 0.25) is 0 Å². The van der Waals surface area contributed by atoms with Gasteiger partial charge in [-0.2, -0.15) is 0 Å². The molecule has 0 aliphatic heterocycles. The van der Waals surface area contributed by atoms with E-state index < -0.39 is 23.4 Å². The molecule has 0 aliphatic carbocycles. The molecule has 0 bridgehead atoms. The summed E-state index contributed by atoms with van der Waals surface area (Å²) < 4.78 is 4.99. The zero-order chi connectivity index (χ0) is 20.1. The van der Waals surface area contributed by atoms with Gasteiger partial charge in [-0.3, -0.25) is 14.9 Å². The van der Waals surface area contributed by atoms with Gasteiger partial charge in [0.1, 0.15) is 4.88 Å². The van der Waals surface area contributed by atoms with Crippen molar-refractivity contribution in [3.8, 4) is 0 Å². The van der Waals surface area contributed by atoms with Crippen molar-refractivity contribution in [2.24, 2.45) is 0 Å². The molecule has 2 aromatic rings. The second-order valence-corrected chi connectivity index (χ2v) is 7.70. The quantitative estimate of drug-likeness (QED) is 0.420. The Bertz CT molecular complexity index is 831. The van der Waals surface area contributed by atoms with Crippen LogP contribution in [0.3, 0.4) is 0 Å². The van der Waals surface area contributed by atoms with Crippen LogP contribution in [0.25, 0.3) is 0 Å². The average Bonchev–Trinajstić information content (AvgIpc) is 3.10. The van der Waals surface area contributed by atoms with E-state index in [1.54, 1.807) is 0 Å². The lowest BCUT2D eigenvalue weighted by Crippen LogP contribution is -2.22. The monoisotopic (exact) mass is 390 g/mol. The van der Waals surface area contributed by atoms with Gasteiger partial charge in [0.25, 0.3) is 5.91 Å². The average molecular weight is 390 g/mol. The predicted octanol–water partition coefficient (Wildman–Crippen LogP) is 4.70. The Morgan fingerprint density at radius 3 is 2.19 bits per heavy atom. The van der Waals surface area contributed by atoms with Crippen molar-refractivity contribution in [1.29, 1.82) is 0 Å². The van der Waals surface area contributed by atoms with Crippen LogP contribution in [0.2, 0.25) is 0 Å². The summed E-state index contributed by atoms with van der Waals surface area (Å²) >= 11 is 0.712. The first kappa shape index (κ1) is 20.6. The summed E-state index contributed by atoms with van der Waals surface area (Å²) in [6.45, 7) is 7.70. The van der Waals surface area contributed by atoms with E-state index >= 15 is 0 Å². The lowest BCUT2D eigenvalue weighted by atomic mass is 9.92. The van der Waals surface area contributed by atoms with Gasteiger partial charge in [-0.15, -0.1) is 0 Å². The molecule has 1 aromatic heterocycles. The van der Waals surface area contributed by atoms with E-state index in [-0.39, 0.29) is 21.7 Å². The molecule has 0 saturated heterocycles. The van der Waals surface area contributed by atoms with Gasteiger partial charge in [-0.05, 0) is 29.0 Å². The van der Waals surface area contributed by atoms with Crippen molar-refractivity contribution in [2.75, 3.05) is 11.9 Å². The smallest absolute Gasteiger partial charge is 0.349 e. The van der Waals surface area contributed by atoms with Crippen molar-refractivity contribution >= 4 is 33.9 Å². The number of amides is 1. The van der Waals surface area contributed by atoms with Gasteiger partial charge < -0.3 is 10.1 Å². The van der Waals surface area contributed by atoms with E-state index in [9.17, 15) is 19.7 Å². The molecule has 0 fully saturated rings. The number of nitrogens with one attached hydrogen (secondary N) is 1. The second kappa shape index (κ2) is 8.77. The van der Waals surface area contributed by atoms with Gasteiger partial charge in [0.15, 0.2) is 6.61 Å². The minimum Gasteiger partial charge on any atom is -0.451 e. The highest BCUT2D eigenvalue weighted by atomic mass is 32.1. The molecule has 1 heterocycles. The van der Waals surface area contributed by atoms with Crippen LogP contribution in [-0.2, 0) is 9.53 Å². The van der Waals surface area contributed by atoms with Crippen molar-refractivity contribution < 1.29 is 19.2 Å². The van der Waals surface area contributed by atoms with Crippen LogP contribution in [-0.4, -0.2) is 23.4 Å². The highest BCUT2D eigenvalue weighted by Crippen LogP contribution is 2.32. The molecule has 1 amide bonds. The molecule has 0 atom stereocenters. The van der Waals surface area contributed by atoms with Crippen molar-refractivity contribution in [3.05, 3.63) is 56.5 Å². The Kier molecular flexibility index (Phi) is 6.68. The fourth-order valence-corrected chi connectivity index (χ4v) is 3.32. The van der Waals surface area contributed by atoms with E-state index in [1.165, 1.54) is 12.1 Å². The lowest BCUT2D eigenvalue weighted by Gasteiger charge is -2.20. The molecule has 0 unspecified atom stereocenters. The highest BCUT2D eigenvalue weighted by Gasteiger charge is 2.19. The van der Waals surface area contributed by atoms with Crippen molar-refractivity contribution in [3.63, 3.8) is 0 Å². The molecule has 1 N–H and O–H groups in total. The molecule has 0 radical (unpaired) electrons. The number of carbonyl (C=O) groups excluding carboxylic acids is 2. The zero-order valence-corrected chi connectivity index (χ0v) is 16.5. The number of esters is 1. The molecule has 7 nitrogen and oxygen atoms in total. The van der Waals surface area contributed by atoms with Crippen LogP contribution in [0.1, 0.15) is 60.3 Å². The van der Waals surface area contributed by atoms with Crippen LogP contribution in [0.5, 0.6) is 0 Å². The van der Waals surface area contributed by atoms with Crippen molar-refractivity contribution in [2.45, 2.75) is 39.5 Å². The highest BCUT2D eigenvalue weighted by molar-refractivity contribution is 7.17. The number of ether oxygens (including phenoxy) is 1. The first-order chi connectivity index (χ1) is 12.7. The Morgan fingerprint density at radius 1 is 1.11 bits per heavy atom. The maximum Gasteiger partial charge on any atom is 0.349 e. The van der Waals surface area contributed by atoms with Crippen LogP contribution < -0.4 is 5.32 Å². The maximum atomic E-state index is 12.3. The third kappa shape index (κ3) is 5.13. The number of hydrogen-bond acceptors (Lipinski definition) is 6. The number of benzene rings is 1. The van der Waals surface area contributed by atoms with Crippen LogP contribution in [0.15, 0.2) is 30.3 Å². The number of anilines is 1. The van der Waals surface area contributed by atoms with E-state index in [0.717, 1.165) is 16.8 Å². The minimum atomic E-state index is -0.760. The molecule has 8 heteroatoms. The lowest BCUT2D eigenvalue weighted by molar-refractivity contribution is -0.380. The van der Waals surface area contributed by atoms with Gasteiger partial charge in [0.05, 0.1) is 4.92 Å². The Balaban J connectivity index is 2.07. The summed E-state index contributed by atoms with van der Waals surface area (Å²) in [6.07, 6.45) is 0. The largest absolute Gasteiger partial charge is 0.451 e. The molecule has 27 heavy (non-hydrogen) atoms. The Labute approximate surface area is 161 Å². The molecule has 0 saturated carbocycles. The number of carbonyl (C=O) groups is 2. The van der Waals surface area contributed by atoms with Crippen LogP contribution in [0.4, 0.5) is 10.7 Å². The third-order valence-electron chi connectivity index (χ3n) is 3.94. The van der Waals surface area contributed by atoms with Gasteiger partial charge in [-0.1, -0.05) is 57.2 Å². The zero-order valence-electron chi connectivity index (χ0n) is 15.6. The summed E-state index contributed by atoms with van der Waals surface area (Å²) in [4.78, 5) is 34.5. The summed E-state index contributed by atoms with van der Waals surface area (Å²) in [6, 6.07) is 8.43. The SMILES string of the molecule is CC(C)c1cccc(C(C)C)c1NC(=O)COC(=O)c1ccc([N+](=O)[O-])s1. The molecule has 0 aliphatic rings. The van der Waals surface area contributed by atoms with Crippen molar-refractivity contribution in [1.82, 2.24) is 0 Å². The van der Waals surface area contributed by atoms with Gasteiger partial charge >= 0.3 is 11.0 Å². The summed E-state index contributed by atoms with van der Waals surface area (Å²) in [7, 11) is 0. The number of hydrogen-bond donors (Lipinski definition) is 1. The number of nitro groups is 1. The molecule has 0 spiro atoms. The molecular formula is C19H22N2O5S. The fourth-order valence-electron chi connectivity index (χ4n) is 2.61. The van der Waals surface area contributed by atoms with E-state index in [1.807, 2.05) is 45.9 Å². The fraction of sp³-hybridized carbons (Fsp3) is 0.368. The summed E-state index contributed by atoms with van der Waals surface area (Å²) in [5.74, 6) is -0.782. The summed E-state index contributed by atoms with van der Waals surface area (Å²) in [5.41, 5.74) is 2.76. The van der Waals surface area contributed by atoms with E-state index in [0.29, 0.717) is 11.3 Å². The first-order valence-electron chi connectivity index (χ1n) is 8.54. The number of nitrogens with zero attached hydrogens (tertiary/aromatic N) is 1. The van der Waals surface area contributed by atoms with E-state index in [2.05, 4.69) is 5.32 Å². The van der Waals surface area contributed by atoms with Gasteiger partial charge in [-0.25, -0.2) is 4.79 Å². The Morgan fingerprint density at radius 2 is 1.70 bits per heavy atom.